The zero-order valence-corrected chi connectivity index (χ0v) is 16.9. The van der Waals surface area contributed by atoms with Crippen LogP contribution in [0.3, 0.4) is 0 Å². The van der Waals surface area contributed by atoms with Gasteiger partial charge in [0.05, 0.1) is 6.04 Å². The van der Waals surface area contributed by atoms with Crippen molar-refractivity contribution < 1.29 is 19.3 Å². The van der Waals surface area contributed by atoms with E-state index in [1.165, 1.54) is 0 Å². The Morgan fingerprint density at radius 1 is 0.933 bits per heavy atom. The molecule has 30 heavy (non-hydrogen) atoms. The molecule has 0 spiro atoms. The molecule has 3 aromatic rings. The summed E-state index contributed by atoms with van der Waals surface area (Å²) in [6.07, 6.45) is -0.231. The molecule has 154 valence electrons. The van der Waals surface area contributed by atoms with Crippen LogP contribution in [0.15, 0.2) is 83.9 Å². The highest BCUT2D eigenvalue weighted by Gasteiger charge is 2.19. The second kappa shape index (κ2) is 9.46. The summed E-state index contributed by atoms with van der Waals surface area (Å²) < 4.78 is 16.8. The highest BCUT2D eigenvalue weighted by molar-refractivity contribution is 5.82. The molecule has 0 radical (unpaired) electrons. The lowest BCUT2D eigenvalue weighted by Gasteiger charge is -2.18. The van der Waals surface area contributed by atoms with E-state index in [4.69, 9.17) is 19.2 Å². The molecule has 1 heterocycles. The van der Waals surface area contributed by atoms with E-state index in [9.17, 15) is 5.11 Å². The lowest BCUT2D eigenvalue weighted by atomic mass is 10.1. The lowest BCUT2D eigenvalue weighted by Crippen LogP contribution is -2.19. The van der Waals surface area contributed by atoms with Gasteiger partial charge in [-0.2, -0.15) is 0 Å². The fourth-order valence-corrected chi connectivity index (χ4v) is 3.37. The molecule has 0 bridgehead atoms. The van der Waals surface area contributed by atoms with Crippen LogP contribution in [0.5, 0.6) is 11.5 Å². The predicted molar refractivity (Wildman–Crippen MR) is 116 cm³/mol. The van der Waals surface area contributed by atoms with E-state index >= 15 is 0 Å². The first-order chi connectivity index (χ1) is 14.7. The molecule has 1 N–H and O–H groups in total. The average molecular weight is 403 g/mol. The van der Waals surface area contributed by atoms with Crippen LogP contribution in [0.4, 0.5) is 0 Å². The van der Waals surface area contributed by atoms with Gasteiger partial charge in [-0.3, -0.25) is 0 Å². The quantitative estimate of drug-likeness (QED) is 0.459. The van der Waals surface area contributed by atoms with Gasteiger partial charge in [0.1, 0.15) is 6.61 Å². The second-order valence-corrected chi connectivity index (χ2v) is 7.30. The van der Waals surface area contributed by atoms with Crippen molar-refractivity contribution in [3.63, 3.8) is 0 Å². The first kappa shape index (κ1) is 20.0. The van der Waals surface area contributed by atoms with Crippen LogP contribution >= 0.6 is 0 Å². The molecule has 0 aliphatic carbocycles. The third-order valence-corrected chi connectivity index (χ3v) is 4.89. The maximum Gasteiger partial charge on any atom is 0.231 e. The minimum absolute atomic E-state index is 0.0884. The number of rotatable bonds is 7. The summed E-state index contributed by atoms with van der Waals surface area (Å²) in [6, 6.07) is 25.1. The van der Waals surface area contributed by atoms with Crippen LogP contribution in [-0.2, 0) is 17.8 Å². The van der Waals surface area contributed by atoms with Gasteiger partial charge in [-0.15, -0.1) is 0 Å². The van der Waals surface area contributed by atoms with Gasteiger partial charge in [0.15, 0.2) is 17.6 Å². The van der Waals surface area contributed by atoms with Crippen molar-refractivity contribution in [1.29, 1.82) is 0 Å². The molecule has 0 fully saturated rings. The van der Waals surface area contributed by atoms with Crippen LogP contribution in [0.25, 0.3) is 0 Å². The molecule has 4 rings (SSSR count). The molecular weight excluding hydrogens is 378 g/mol. The maximum atomic E-state index is 10.9. The highest BCUT2D eigenvalue weighted by Crippen LogP contribution is 2.33. The van der Waals surface area contributed by atoms with Gasteiger partial charge in [0.25, 0.3) is 0 Å². The smallest absolute Gasteiger partial charge is 0.231 e. The molecule has 5 heteroatoms. The van der Waals surface area contributed by atoms with E-state index in [0.717, 1.165) is 28.2 Å². The summed E-state index contributed by atoms with van der Waals surface area (Å²) in [6.45, 7) is 2.61. The van der Waals surface area contributed by atoms with Gasteiger partial charge in [-0.1, -0.05) is 66.7 Å². The van der Waals surface area contributed by atoms with E-state index < -0.39 is 6.10 Å². The van der Waals surface area contributed by atoms with Crippen molar-refractivity contribution >= 4 is 5.90 Å². The molecule has 0 saturated heterocycles. The summed E-state index contributed by atoms with van der Waals surface area (Å²) in [5.74, 6) is 1.84. The second-order valence-electron chi connectivity index (χ2n) is 7.30. The van der Waals surface area contributed by atoms with E-state index in [1.807, 2.05) is 85.8 Å². The van der Waals surface area contributed by atoms with Gasteiger partial charge in [-0.05, 0) is 42.2 Å². The van der Waals surface area contributed by atoms with Gasteiger partial charge in [0.2, 0.25) is 12.7 Å². The fraction of sp³-hybridized carbons (Fsp3) is 0.240. The third kappa shape index (κ3) is 4.99. The Morgan fingerprint density at radius 2 is 1.63 bits per heavy atom. The number of fused-ring (bicyclic) bond motifs is 1. The van der Waals surface area contributed by atoms with Crippen molar-refractivity contribution in [3.8, 4) is 11.5 Å². The van der Waals surface area contributed by atoms with E-state index in [2.05, 4.69) is 0 Å². The first-order valence-electron chi connectivity index (χ1n) is 10.0. The van der Waals surface area contributed by atoms with Crippen molar-refractivity contribution in [2.24, 2.45) is 4.99 Å². The molecule has 2 atom stereocenters. The normalized spacial score (nSPS) is 14.9. The van der Waals surface area contributed by atoms with Crippen LogP contribution in [0.1, 0.15) is 29.7 Å². The van der Waals surface area contributed by atoms with Gasteiger partial charge in [-0.25, -0.2) is 4.99 Å². The molecular formula is C25H25NO4. The minimum atomic E-state index is -0.922. The van der Waals surface area contributed by atoms with Crippen molar-refractivity contribution in [2.75, 3.05) is 6.79 Å². The third-order valence-electron chi connectivity index (χ3n) is 4.89. The Bertz CT molecular complexity index is 989. The van der Waals surface area contributed by atoms with Crippen molar-refractivity contribution in [2.45, 2.75) is 32.1 Å². The van der Waals surface area contributed by atoms with E-state index in [1.54, 1.807) is 0 Å². The molecule has 0 amide bonds. The van der Waals surface area contributed by atoms with Crippen LogP contribution < -0.4 is 9.47 Å². The molecule has 0 aromatic heterocycles. The summed E-state index contributed by atoms with van der Waals surface area (Å²) >= 11 is 0. The maximum absolute atomic E-state index is 10.9. The lowest BCUT2D eigenvalue weighted by molar-refractivity contribution is 0.174. The number of hydrogen-bond donors (Lipinski definition) is 1. The van der Waals surface area contributed by atoms with Gasteiger partial charge in [0, 0.05) is 0 Å². The number of benzene rings is 3. The summed E-state index contributed by atoms with van der Waals surface area (Å²) in [7, 11) is 0. The standard InChI is InChI=1S/C25H25NO4/c1-18(14-20-12-13-22-23(15-20)30-17-29-22)26-25(24(27)21-10-6-3-7-11-21)28-16-19-8-4-2-5-9-19/h2-13,15,18,24,27H,14,16-17H2,1H3. The number of hydrogen-bond acceptors (Lipinski definition) is 5. The van der Waals surface area contributed by atoms with E-state index in [0.29, 0.717) is 18.9 Å². The summed E-state index contributed by atoms with van der Waals surface area (Å²) in [5.41, 5.74) is 2.86. The predicted octanol–water partition coefficient (Wildman–Crippen LogP) is 4.70. The molecule has 2 unspecified atom stereocenters. The van der Waals surface area contributed by atoms with Crippen LogP contribution in [-0.4, -0.2) is 23.8 Å². The topological polar surface area (TPSA) is 60.3 Å². The van der Waals surface area contributed by atoms with Crippen molar-refractivity contribution in [1.82, 2.24) is 0 Å². The summed E-state index contributed by atoms with van der Waals surface area (Å²) in [4.78, 5) is 4.73. The zero-order valence-electron chi connectivity index (χ0n) is 16.9. The van der Waals surface area contributed by atoms with Gasteiger partial charge < -0.3 is 19.3 Å². The number of aliphatic hydroxyl groups excluding tert-OH is 1. The fourth-order valence-electron chi connectivity index (χ4n) is 3.37. The number of nitrogens with zero attached hydrogens (tertiary/aromatic N) is 1. The average Bonchev–Trinajstić information content (AvgIpc) is 3.25. The SMILES string of the molecule is CC(Cc1ccc2c(c1)OCO2)N=C(OCc1ccccc1)C(O)c1ccccc1. The highest BCUT2D eigenvalue weighted by atomic mass is 16.7. The number of ether oxygens (including phenoxy) is 3. The Balaban J connectivity index is 1.51. The first-order valence-corrected chi connectivity index (χ1v) is 10.0. The molecule has 5 nitrogen and oxygen atoms in total. The minimum Gasteiger partial charge on any atom is -0.474 e. The zero-order chi connectivity index (χ0) is 20.8. The Labute approximate surface area is 176 Å². The van der Waals surface area contributed by atoms with Crippen LogP contribution in [0.2, 0.25) is 0 Å². The molecule has 1 aliphatic rings. The molecule has 1 aliphatic heterocycles. The Hall–Kier alpha value is -3.31. The largest absolute Gasteiger partial charge is 0.474 e. The number of aliphatic imine (C=N–C) groups is 1. The monoisotopic (exact) mass is 403 g/mol. The Morgan fingerprint density at radius 3 is 2.40 bits per heavy atom. The Kier molecular flexibility index (Phi) is 6.30. The van der Waals surface area contributed by atoms with Crippen molar-refractivity contribution in [3.05, 3.63) is 95.6 Å². The number of aliphatic hydroxyl groups is 1. The molecule has 3 aromatic carbocycles. The van der Waals surface area contributed by atoms with Crippen LogP contribution in [0, 0.1) is 0 Å². The van der Waals surface area contributed by atoms with E-state index in [-0.39, 0.29) is 12.8 Å². The van der Waals surface area contributed by atoms with Gasteiger partial charge >= 0.3 is 0 Å². The summed E-state index contributed by atoms with van der Waals surface area (Å²) in [5, 5.41) is 10.9. The molecule has 0 saturated carbocycles.